The molecule has 1 fully saturated rings. The molecule has 0 spiro atoms. The van der Waals surface area contributed by atoms with E-state index in [-0.39, 0.29) is 11.9 Å². The highest BCUT2D eigenvalue weighted by Gasteiger charge is 2.21. The van der Waals surface area contributed by atoms with E-state index in [1.807, 2.05) is 13.0 Å². The molecule has 6 heteroatoms. The highest BCUT2D eigenvalue weighted by atomic mass is 32.2. The minimum Gasteiger partial charge on any atom is -0.308 e. The smallest absolute Gasteiger partial charge is 0.243 e. The first-order valence-electron chi connectivity index (χ1n) is 4.90. The maximum absolute atomic E-state index is 11.7. The number of aromatic amines is 1. The number of aromatic nitrogens is 2. The van der Waals surface area contributed by atoms with Crippen molar-refractivity contribution in [2.24, 2.45) is 0 Å². The summed E-state index contributed by atoms with van der Waals surface area (Å²) in [6.45, 7) is 2.79. The molecule has 0 bridgehead atoms. The Hall–Kier alpha value is -1.01. The number of carbonyl (C=O) groups is 1. The number of nitrogens with zero attached hydrogens (tertiary/aromatic N) is 1. The van der Waals surface area contributed by atoms with Crippen LogP contribution in [-0.2, 0) is 4.79 Å². The molecule has 2 heterocycles. The summed E-state index contributed by atoms with van der Waals surface area (Å²) in [6.07, 6.45) is 0. The van der Waals surface area contributed by atoms with Gasteiger partial charge in [-0.15, -0.1) is 0 Å². The lowest BCUT2D eigenvalue weighted by Gasteiger charge is -2.21. The molecule has 1 aromatic heterocycles. The van der Waals surface area contributed by atoms with Crippen LogP contribution < -0.4 is 10.6 Å². The van der Waals surface area contributed by atoms with Gasteiger partial charge in [-0.2, -0.15) is 16.9 Å². The van der Waals surface area contributed by atoms with E-state index in [0.717, 1.165) is 23.7 Å². The molecule has 1 unspecified atom stereocenters. The normalized spacial score (nSPS) is 21.3. The first kappa shape index (κ1) is 10.5. The summed E-state index contributed by atoms with van der Waals surface area (Å²) >= 11 is 1.80. The van der Waals surface area contributed by atoms with E-state index in [9.17, 15) is 4.79 Å². The Morgan fingerprint density at radius 1 is 1.73 bits per heavy atom. The number of anilines is 1. The molecule has 1 aliphatic heterocycles. The molecule has 1 aliphatic rings. The average molecular weight is 226 g/mol. The number of rotatable bonds is 2. The Labute approximate surface area is 92.4 Å². The Kier molecular flexibility index (Phi) is 3.27. The van der Waals surface area contributed by atoms with Crippen molar-refractivity contribution in [3.05, 3.63) is 11.8 Å². The first-order valence-corrected chi connectivity index (χ1v) is 6.05. The number of nitrogens with one attached hydrogen (secondary N) is 3. The zero-order valence-corrected chi connectivity index (χ0v) is 9.36. The fraction of sp³-hybridized carbons (Fsp3) is 0.556. The molecule has 0 radical (unpaired) electrons. The highest BCUT2D eigenvalue weighted by molar-refractivity contribution is 7.99. The van der Waals surface area contributed by atoms with Crippen molar-refractivity contribution >= 4 is 23.5 Å². The van der Waals surface area contributed by atoms with E-state index < -0.39 is 0 Å². The third-order valence-electron chi connectivity index (χ3n) is 2.20. The molecular weight excluding hydrogens is 212 g/mol. The van der Waals surface area contributed by atoms with Crippen LogP contribution >= 0.6 is 11.8 Å². The van der Waals surface area contributed by atoms with Gasteiger partial charge < -0.3 is 10.6 Å². The summed E-state index contributed by atoms with van der Waals surface area (Å²) in [7, 11) is 0. The van der Waals surface area contributed by atoms with Crippen molar-refractivity contribution in [3.8, 4) is 0 Å². The van der Waals surface area contributed by atoms with E-state index in [1.54, 1.807) is 11.8 Å². The molecular formula is C9H14N4OS. The second-order valence-corrected chi connectivity index (χ2v) is 4.66. The van der Waals surface area contributed by atoms with E-state index in [2.05, 4.69) is 20.8 Å². The summed E-state index contributed by atoms with van der Waals surface area (Å²) in [5, 5.41) is 12.7. The largest absolute Gasteiger partial charge is 0.308 e. The van der Waals surface area contributed by atoms with Gasteiger partial charge in [-0.25, -0.2) is 0 Å². The standard InChI is InChI=1S/C9H14N4OS/c1-6-4-8(13-12-6)11-9(14)7-5-15-3-2-10-7/h4,7,10H,2-3,5H2,1H3,(H2,11,12,13,14). The summed E-state index contributed by atoms with van der Waals surface area (Å²) in [4.78, 5) is 11.7. The van der Waals surface area contributed by atoms with Crippen molar-refractivity contribution in [1.82, 2.24) is 15.5 Å². The van der Waals surface area contributed by atoms with E-state index in [1.165, 1.54) is 0 Å². The van der Waals surface area contributed by atoms with E-state index in [4.69, 9.17) is 0 Å². The number of amides is 1. The van der Waals surface area contributed by atoms with Gasteiger partial charge in [-0.3, -0.25) is 9.89 Å². The molecule has 3 N–H and O–H groups in total. The molecule has 1 amide bonds. The molecule has 15 heavy (non-hydrogen) atoms. The fourth-order valence-electron chi connectivity index (χ4n) is 1.43. The Bertz CT molecular complexity index is 346. The van der Waals surface area contributed by atoms with Gasteiger partial charge in [0.25, 0.3) is 0 Å². The third kappa shape index (κ3) is 2.73. The molecule has 0 saturated carbocycles. The van der Waals surface area contributed by atoms with Crippen LogP contribution in [0, 0.1) is 6.92 Å². The van der Waals surface area contributed by atoms with Gasteiger partial charge in [-0.1, -0.05) is 0 Å². The minimum absolute atomic E-state index is 0.00583. The van der Waals surface area contributed by atoms with Crippen LogP contribution in [0.1, 0.15) is 5.69 Å². The van der Waals surface area contributed by atoms with Crippen molar-refractivity contribution in [1.29, 1.82) is 0 Å². The van der Waals surface area contributed by atoms with Crippen LogP contribution in [0.3, 0.4) is 0 Å². The molecule has 5 nitrogen and oxygen atoms in total. The monoisotopic (exact) mass is 226 g/mol. The zero-order valence-electron chi connectivity index (χ0n) is 8.54. The number of hydrogen-bond acceptors (Lipinski definition) is 4. The second kappa shape index (κ2) is 4.67. The molecule has 82 valence electrons. The fourth-order valence-corrected chi connectivity index (χ4v) is 2.36. The highest BCUT2D eigenvalue weighted by Crippen LogP contribution is 2.10. The number of thioether (sulfide) groups is 1. The van der Waals surface area contributed by atoms with E-state index >= 15 is 0 Å². The summed E-state index contributed by atoms with van der Waals surface area (Å²) < 4.78 is 0. The lowest BCUT2D eigenvalue weighted by Crippen LogP contribution is -2.46. The SMILES string of the molecule is Cc1cc(NC(=O)C2CSCCN2)n[nH]1. The van der Waals surface area contributed by atoms with Gasteiger partial charge in [-0.05, 0) is 6.92 Å². The quantitative estimate of drug-likeness (QED) is 0.681. The summed E-state index contributed by atoms with van der Waals surface area (Å²) in [6, 6.07) is 1.72. The van der Waals surface area contributed by atoms with Crippen LogP contribution in [0.4, 0.5) is 5.82 Å². The van der Waals surface area contributed by atoms with Crippen LogP contribution in [0.5, 0.6) is 0 Å². The molecule has 1 aromatic rings. The number of hydrogen-bond donors (Lipinski definition) is 3. The molecule has 2 rings (SSSR count). The van der Waals surface area contributed by atoms with Gasteiger partial charge in [0.1, 0.15) is 0 Å². The van der Waals surface area contributed by atoms with Crippen LogP contribution in [-0.4, -0.2) is 40.2 Å². The lowest BCUT2D eigenvalue weighted by atomic mass is 10.3. The first-order chi connectivity index (χ1) is 7.25. The minimum atomic E-state index is -0.0965. The van der Waals surface area contributed by atoms with Gasteiger partial charge >= 0.3 is 0 Å². The Morgan fingerprint density at radius 3 is 3.20 bits per heavy atom. The number of H-pyrrole nitrogens is 1. The van der Waals surface area contributed by atoms with Gasteiger partial charge in [0.2, 0.25) is 5.91 Å². The van der Waals surface area contributed by atoms with Crippen molar-refractivity contribution < 1.29 is 4.79 Å². The molecule has 1 atom stereocenters. The predicted molar refractivity (Wildman–Crippen MR) is 61.1 cm³/mol. The maximum atomic E-state index is 11.7. The van der Waals surface area contributed by atoms with Crippen molar-refractivity contribution in [2.75, 3.05) is 23.4 Å². The van der Waals surface area contributed by atoms with Crippen molar-refractivity contribution in [2.45, 2.75) is 13.0 Å². The third-order valence-corrected chi connectivity index (χ3v) is 3.26. The second-order valence-electron chi connectivity index (χ2n) is 3.51. The lowest BCUT2D eigenvalue weighted by molar-refractivity contribution is -0.117. The summed E-state index contributed by atoms with van der Waals surface area (Å²) in [5.41, 5.74) is 0.941. The number of carbonyl (C=O) groups excluding carboxylic acids is 1. The van der Waals surface area contributed by atoms with Crippen LogP contribution in [0.15, 0.2) is 6.07 Å². The van der Waals surface area contributed by atoms with Gasteiger partial charge in [0.05, 0.1) is 6.04 Å². The summed E-state index contributed by atoms with van der Waals surface area (Å²) in [5.74, 6) is 2.49. The van der Waals surface area contributed by atoms with Gasteiger partial charge in [0, 0.05) is 29.8 Å². The Balaban J connectivity index is 1.91. The Morgan fingerprint density at radius 2 is 2.60 bits per heavy atom. The van der Waals surface area contributed by atoms with Crippen LogP contribution in [0.2, 0.25) is 0 Å². The number of aryl methyl sites for hydroxylation is 1. The van der Waals surface area contributed by atoms with Gasteiger partial charge in [0.15, 0.2) is 5.82 Å². The van der Waals surface area contributed by atoms with Crippen LogP contribution in [0.25, 0.3) is 0 Å². The predicted octanol–water partition coefficient (Wildman–Crippen LogP) is 0.362. The molecule has 0 aliphatic carbocycles. The molecule has 1 saturated heterocycles. The average Bonchev–Trinajstić information content (AvgIpc) is 2.65. The maximum Gasteiger partial charge on any atom is 0.243 e. The molecule has 0 aromatic carbocycles. The van der Waals surface area contributed by atoms with Crippen molar-refractivity contribution in [3.63, 3.8) is 0 Å². The zero-order chi connectivity index (χ0) is 10.7. The topological polar surface area (TPSA) is 69.8 Å². The van der Waals surface area contributed by atoms with E-state index in [0.29, 0.717) is 5.82 Å².